The third-order valence-corrected chi connectivity index (χ3v) is 4.15. The molecule has 1 atom stereocenters. The van der Waals surface area contributed by atoms with Gasteiger partial charge in [-0.15, -0.1) is 0 Å². The summed E-state index contributed by atoms with van der Waals surface area (Å²) in [7, 11) is 0. The maximum atomic E-state index is 13.6. The summed E-state index contributed by atoms with van der Waals surface area (Å²) in [5, 5.41) is 10.4. The minimum atomic E-state index is -0.829. The van der Waals surface area contributed by atoms with Crippen molar-refractivity contribution in [1.82, 2.24) is 0 Å². The van der Waals surface area contributed by atoms with Crippen LogP contribution in [-0.2, 0) is 6.42 Å². The van der Waals surface area contributed by atoms with Crippen LogP contribution in [0.1, 0.15) is 29.2 Å². The normalized spacial score (nSPS) is 15.3. The van der Waals surface area contributed by atoms with Gasteiger partial charge in [0.25, 0.3) is 0 Å². The topological polar surface area (TPSA) is 29.5 Å². The first-order valence-electron chi connectivity index (χ1n) is 6.54. The van der Waals surface area contributed by atoms with E-state index in [1.165, 1.54) is 6.07 Å². The molecular formula is C16H14BrFO2. The van der Waals surface area contributed by atoms with Crippen molar-refractivity contribution in [2.45, 2.75) is 18.9 Å². The smallest absolute Gasteiger partial charge is 0.137 e. The van der Waals surface area contributed by atoms with Crippen molar-refractivity contribution in [2.24, 2.45) is 0 Å². The minimum absolute atomic E-state index is 0.372. The first-order chi connectivity index (χ1) is 9.65. The summed E-state index contributed by atoms with van der Waals surface area (Å²) in [5.74, 6) is 0.511. The molecule has 0 fully saturated rings. The summed E-state index contributed by atoms with van der Waals surface area (Å²) < 4.78 is 19.5. The van der Waals surface area contributed by atoms with E-state index in [1.807, 2.05) is 18.2 Å². The Morgan fingerprint density at radius 1 is 1.15 bits per heavy atom. The predicted octanol–water partition coefficient (Wildman–Crippen LogP) is 3.99. The summed E-state index contributed by atoms with van der Waals surface area (Å²) in [4.78, 5) is 0. The quantitative estimate of drug-likeness (QED) is 0.898. The predicted molar refractivity (Wildman–Crippen MR) is 78.4 cm³/mol. The van der Waals surface area contributed by atoms with Crippen LogP contribution in [0.25, 0.3) is 0 Å². The van der Waals surface area contributed by atoms with Crippen LogP contribution in [0.3, 0.4) is 0 Å². The van der Waals surface area contributed by atoms with E-state index in [-0.39, 0.29) is 5.82 Å². The van der Waals surface area contributed by atoms with Crippen LogP contribution in [0.5, 0.6) is 5.75 Å². The summed E-state index contributed by atoms with van der Waals surface area (Å²) in [5.41, 5.74) is 2.41. The number of fused-ring (bicyclic) bond motifs is 1. The average molecular weight is 337 g/mol. The number of aryl methyl sites for hydroxylation is 1. The molecule has 0 spiro atoms. The van der Waals surface area contributed by atoms with Crippen LogP contribution in [0.4, 0.5) is 4.39 Å². The number of hydrogen-bond donors (Lipinski definition) is 1. The van der Waals surface area contributed by atoms with E-state index in [1.54, 1.807) is 12.1 Å². The van der Waals surface area contributed by atoms with Gasteiger partial charge in [-0.05, 0) is 69.7 Å². The molecule has 1 unspecified atom stereocenters. The van der Waals surface area contributed by atoms with E-state index >= 15 is 0 Å². The molecule has 2 nitrogen and oxygen atoms in total. The van der Waals surface area contributed by atoms with Gasteiger partial charge in [0.1, 0.15) is 17.7 Å². The number of ether oxygens (including phenoxy) is 1. The maximum absolute atomic E-state index is 13.6. The average Bonchev–Trinajstić information content (AvgIpc) is 2.49. The second-order valence-corrected chi connectivity index (χ2v) is 5.75. The molecule has 3 rings (SSSR count). The van der Waals surface area contributed by atoms with E-state index in [4.69, 9.17) is 4.74 Å². The molecule has 0 amide bonds. The Morgan fingerprint density at radius 3 is 2.70 bits per heavy atom. The Morgan fingerprint density at radius 2 is 1.90 bits per heavy atom. The Labute approximate surface area is 125 Å². The zero-order valence-corrected chi connectivity index (χ0v) is 12.4. The van der Waals surface area contributed by atoms with Crippen molar-refractivity contribution >= 4 is 15.9 Å². The lowest BCUT2D eigenvalue weighted by atomic mass is 9.97. The van der Waals surface area contributed by atoms with E-state index in [9.17, 15) is 9.50 Å². The fourth-order valence-electron chi connectivity index (χ4n) is 2.43. The molecule has 1 aliphatic heterocycles. The third-order valence-electron chi connectivity index (χ3n) is 3.51. The van der Waals surface area contributed by atoms with Gasteiger partial charge in [-0.25, -0.2) is 4.39 Å². The Bertz CT molecular complexity index is 642. The molecule has 1 N–H and O–H groups in total. The molecule has 4 heteroatoms. The monoisotopic (exact) mass is 336 g/mol. The molecule has 104 valence electrons. The lowest BCUT2D eigenvalue weighted by molar-refractivity contribution is 0.219. The first kappa shape index (κ1) is 13.6. The van der Waals surface area contributed by atoms with Crippen LogP contribution in [0, 0.1) is 5.82 Å². The van der Waals surface area contributed by atoms with Gasteiger partial charge < -0.3 is 9.84 Å². The first-order valence-corrected chi connectivity index (χ1v) is 7.33. The van der Waals surface area contributed by atoms with Gasteiger partial charge in [0.15, 0.2) is 0 Å². The summed E-state index contributed by atoms with van der Waals surface area (Å²) in [6.45, 7) is 0.743. The molecular weight excluding hydrogens is 323 g/mol. The van der Waals surface area contributed by atoms with Crippen molar-refractivity contribution in [2.75, 3.05) is 6.61 Å². The molecule has 0 bridgehead atoms. The van der Waals surface area contributed by atoms with Crippen molar-refractivity contribution in [1.29, 1.82) is 0 Å². The van der Waals surface area contributed by atoms with Gasteiger partial charge >= 0.3 is 0 Å². The number of benzene rings is 2. The zero-order valence-electron chi connectivity index (χ0n) is 10.8. The van der Waals surface area contributed by atoms with Crippen LogP contribution < -0.4 is 4.74 Å². The maximum Gasteiger partial charge on any atom is 0.137 e. The number of aliphatic hydroxyl groups is 1. The second-order valence-electron chi connectivity index (χ2n) is 4.90. The molecule has 20 heavy (non-hydrogen) atoms. The van der Waals surface area contributed by atoms with Gasteiger partial charge in [-0.2, -0.15) is 0 Å². The molecule has 0 aromatic heterocycles. The minimum Gasteiger partial charge on any atom is -0.493 e. The highest BCUT2D eigenvalue weighted by Crippen LogP contribution is 2.31. The van der Waals surface area contributed by atoms with Crippen LogP contribution >= 0.6 is 15.9 Å². The van der Waals surface area contributed by atoms with Crippen LogP contribution in [0.15, 0.2) is 40.9 Å². The van der Waals surface area contributed by atoms with E-state index < -0.39 is 6.10 Å². The highest BCUT2D eigenvalue weighted by molar-refractivity contribution is 9.10. The van der Waals surface area contributed by atoms with Crippen molar-refractivity contribution < 1.29 is 14.2 Å². The Kier molecular flexibility index (Phi) is 3.76. The largest absolute Gasteiger partial charge is 0.493 e. The van der Waals surface area contributed by atoms with Crippen LogP contribution in [-0.4, -0.2) is 11.7 Å². The Balaban J connectivity index is 1.93. The third kappa shape index (κ3) is 2.58. The molecule has 0 aliphatic carbocycles. The second kappa shape index (κ2) is 5.54. The molecule has 0 saturated heterocycles. The molecule has 2 aromatic carbocycles. The lowest BCUT2D eigenvalue weighted by Crippen LogP contribution is -2.09. The number of halogens is 2. The summed E-state index contributed by atoms with van der Waals surface area (Å²) in [6.07, 6.45) is 1.11. The van der Waals surface area contributed by atoms with Crippen LogP contribution in [0.2, 0.25) is 0 Å². The highest BCUT2D eigenvalue weighted by atomic mass is 79.9. The van der Waals surface area contributed by atoms with Gasteiger partial charge in [0.2, 0.25) is 0 Å². The van der Waals surface area contributed by atoms with E-state index in [2.05, 4.69) is 15.9 Å². The molecule has 0 saturated carbocycles. The molecule has 1 aliphatic rings. The van der Waals surface area contributed by atoms with Crippen molar-refractivity contribution in [3.05, 3.63) is 63.4 Å². The van der Waals surface area contributed by atoms with E-state index in [0.717, 1.165) is 36.3 Å². The van der Waals surface area contributed by atoms with Gasteiger partial charge in [0.05, 0.1) is 11.1 Å². The summed E-state index contributed by atoms with van der Waals surface area (Å²) >= 11 is 3.11. The lowest BCUT2D eigenvalue weighted by Gasteiger charge is -2.19. The fraction of sp³-hybridized carbons (Fsp3) is 0.250. The molecule has 0 radical (unpaired) electrons. The van der Waals surface area contributed by atoms with Gasteiger partial charge in [0, 0.05) is 0 Å². The standard InChI is InChI=1S/C16H14BrFO2/c17-13-5-3-12(9-14(13)18)16(19)11-4-6-15-10(8-11)2-1-7-20-15/h3-6,8-9,16,19H,1-2,7H2. The van der Waals surface area contributed by atoms with Crippen molar-refractivity contribution in [3.8, 4) is 5.75 Å². The number of aliphatic hydroxyl groups excluding tert-OH is 1. The summed E-state index contributed by atoms with van der Waals surface area (Å²) in [6, 6.07) is 10.3. The Hall–Kier alpha value is -1.39. The van der Waals surface area contributed by atoms with Gasteiger partial charge in [-0.1, -0.05) is 12.1 Å². The number of rotatable bonds is 2. The van der Waals surface area contributed by atoms with E-state index in [0.29, 0.717) is 10.0 Å². The fourth-order valence-corrected chi connectivity index (χ4v) is 2.67. The molecule has 2 aromatic rings. The SMILES string of the molecule is OC(c1ccc(Br)c(F)c1)c1ccc2c(c1)CCCO2. The zero-order chi connectivity index (χ0) is 14.1. The van der Waals surface area contributed by atoms with Crippen molar-refractivity contribution in [3.63, 3.8) is 0 Å². The highest BCUT2D eigenvalue weighted by Gasteiger charge is 2.16. The van der Waals surface area contributed by atoms with Gasteiger partial charge in [-0.3, -0.25) is 0 Å². The molecule has 1 heterocycles. The number of hydrogen-bond acceptors (Lipinski definition) is 2.